The number of rotatable bonds is 6. The van der Waals surface area contributed by atoms with Crippen molar-refractivity contribution >= 4 is 17.6 Å². The third kappa shape index (κ3) is 3.93. The molecule has 0 bridgehead atoms. The fourth-order valence-corrected chi connectivity index (χ4v) is 1.69. The van der Waals surface area contributed by atoms with E-state index in [1.54, 1.807) is 31.4 Å². The zero-order chi connectivity index (χ0) is 14.4. The summed E-state index contributed by atoms with van der Waals surface area (Å²) in [6.45, 7) is 0.425. The lowest BCUT2D eigenvalue weighted by molar-refractivity contribution is 0.0444. The largest absolute Gasteiger partial charge is 0.497 e. The van der Waals surface area contributed by atoms with Gasteiger partial charge in [0, 0.05) is 6.20 Å². The zero-order valence-corrected chi connectivity index (χ0v) is 11.6. The maximum Gasteiger partial charge on any atom is 0.354 e. The van der Waals surface area contributed by atoms with Gasteiger partial charge in [-0.2, -0.15) is 0 Å². The van der Waals surface area contributed by atoms with Crippen LogP contribution in [0.15, 0.2) is 36.5 Å². The normalized spacial score (nSPS) is 10.1. The van der Waals surface area contributed by atoms with Crippen LogP contribution in [0.25, 0.3) is 0 Å². The first-order chi connectivity index (χ1) is 9.69. The second kappa shape index (κ2) is 6.86. The van der Waals surface area contributed by atoms with Crippen LogP contribution in [0.4, 0.5) is 0 Å². The smallest absolute Gasteiger partial charge is 0.354 e. The molecular formula is C14H14ClNO4. The Kier molecular flexibility index (Phi) is 4.90. The van der Waals surface area contributed by atoms with Crippen molar-refractivity contribution in [3.05, 3.63) is 47.2 Å². The lowest BCUT2D eigenvalue weighted by Gasteiger charge is -2.07. The van der Waals surface area contributed by atoms with E-state index < -0.39 is 5.97 Å². The van der Waals surface area contributed by atoms with Crippen molar-refractivity contribution in [2.24, 2.45) is 0 Å². The van der Waals surface area contributed by atoms with Gasteiger partial charge in [0.2, 0.25) is 0 Å². The van der Waals surface area contributed by atoms with E-state index in [4.69, 9.17) is 25.8 Å². The molecule has 0 saturated carbocycles. The van der Waals surface area contributed by atoms with Crippen molar-refractivity contribution in [2.75, 3.05) is 20.3 Å². The third-order valence-corrected chi connectivity index (χ3v) is 2.73. The second-order valence-corrected chi connectivity index (χ2v) is 4.33. The molecule has 6 heteroatoms. The molecule has 106 valence electrons. The summed E-state index contributed by atoms with van der Waals surface area (Å²) in [5, 5.41) is 0.464. The van der Waals surface area contributed by atoms with Crippen LogP contribution in [0.1, 0.15) is 10.5 Å². The average Bonchev–Trinajstić information content (AvgIpc) is 2.91. The lowest BCUT2D eigenvalue weighted by atomic mass is 10.3. The fourth-order valence-electron chi connectivity index (χ4n) is 1.53. The molecule has 1 aromatic carbocycles. The molecule has 5 nitrogen and oxygen atoms in total. The van der Waals surface area contributed by atoms with Crippen LogP contribution < -0.4 is 9.47 Å². The lowest BCUT2D eigenvalue weighted by Crippen LogP contribution is -2.12. The highest BCUT2D eigenvalue weighted by Crippen LogP contribution is 2.16. The number of nitrogens with one attached hydrogen (secondary N) is 1. The predicted octanol–water partition coefficient (Wildman–Crippen LogP) is 2.91. The van der Waals surface area contributed by atoms with Gasteiger partial charge < -0.3 is 19.2 Å². The number of carbonyl (C=O) groups excluding carboxylic acids is 1. The van der Waals surface area contributed by atoms with E-state index in [-0.39, 0.29) is 13.2 Å². The van der Waals surface area contributed by atoms with Crippen LogP contribution in [-0.4, -0.2) is 31.3 Å². The van der Waals surface area contributed by atoms with E-state index in [2.05, 4.69) is 4.98 Å². The standard InChI is InChI=1S/C14H14ClNO4/c1-18-11-2-4-12(5-3-11)19-6-7-20-14(17)13-8-10(15)9-16-13/h2-5,8-9,16H,6-7H2,1H3. The summed E-state index contributed by atoms with van der Waals surface area (Å²) < 4.78 is 15.5. The number of hydrogen-bond donors (Lipinski definition) is 1. The van der Waals surface area contributed by atoms with Gasteiger partial charge in [0.25, 0.3) is 0 Å². The highest BCUT2D eigenvalue weighted by atomic mass is 35.5. The van der Waals surface area contributed by atoms with Crippen LogP contribution >= 0.6 is 11.6 Å². The van der Waals surface area contributed by atoms with Crippen molar-refractivity contribution in [3.8, 4) is 11.5 Å². The van der Waals surface area contributed by atoms with Crippen molar-refractivity contribution < 1.29 is 19.0 Å². The molecule has 2 aromatic rings. The van der Waals surface area contributed by atoms with Crippen LogP contribution in [-0.2, 0) is 4.74 Å². The number of aromatic amines is 1. The zero-order valence-electron chi connectivity index (χ0n) is 10.9. The summed E-state index contributed by atoms with van der Waals surface area (Å²) in [6.07, 6.45) is 1.52. The number of hydrogen-bond acceptors (Lipinski definition) is 4. The molecule has 0 unspecified atom stereocenters. The highest BCUT2D eigenvalue weighted by Gasteiger charge is 2.09. The predicted molar refractivity (Wildman–Crippen MR) is 74.6 cm³/mol. The van der Waals surface area contributed by atoms with Crippen molar-refractivity contribution in [3.63, 3.8) is 0 Å². The van der Waals surface area contributed by atoms with E-state index in [1.165, 1.54) is 12.3 Å². The summed E-state index contributed by atoms with van der Waals surface area (Å²) in [6, 6.07) is 8.66. The Balaban J connectivity index is 1.72. The van der Waals surface area contributed by atoms with Gasteiger partial charge in [-0.15, -0.1) is 0 Å². The Morgan fingerprint density at radius 1 is 1.20 bits per heavy atom. The number of ether oxygens (including phenoxy) is 3. The summed E-state index contributed by atoms with van der Waals surface area (Å²) in [5.41, 5.74) is 0.319. The molecule has 0 atom stereocenters. The summed E-state index contributed by atoms with van der Waals surface area (Å²) in [5.74, 6) is 0.979. The second-order valence-electron chi connectivity index (χ2n) is 3.89. The molecule has 0 aliphatic heterocycles. The fraction of sp³-hybridized carbons (Fsp3) is 0.214. The Hall–Kier alpha value is -2.14. The van der Waals surface area contributed by atoms with Gasteiger partial charge in [0.15, 0.2) is 0 Å². The number of halogens is 1. The molecule has 0 spiro atoms. The molecule has 2 rings (SSSR count). The first kappa shape index (κ1) is 14.3. The number of aromatic nitrogens is 1. The number of methoxy groups -OCH3 is 1. The van der Waals surface area contributed by atoms with E-state index in [9.17, 15) is 4.79 Å². The van der Waals surface area contributed by atoms with Crippen LogP contribution in [0, 0.1) is 0 Å². The molecule has 1 aromatic heterocycles. The Bertz CT molecular complexity index is 565. The molecule has 0 radical (unpaired) electrons. The SMILES string of the molecule is COc1ccc(OCCOC(=O)c2cc(Cl)c[nH]2)cc1. The van der Waals surface area contributed by atoms with Gasteiger partial charge >= 0.3 is 5.97 Å². The molecule has 1 N–H and O–H groups in total. The molecule has 20 heavy (non-hydrogen) atoms. The Morgan fingerprint density at radius 3 is 2.50 bits per heavy atom. The van der Waals surface area contributed by atoms with E-state index in [1.807, 2.05) is 0 Å². The van der Waals surface area contributed by atoms with Gasteiger partial charge in [0.1, 0.15) is 30.4 Å². The van der Waals surface area contributed by atoms with Crippen molar-refractivity contribution in [2.45, 2.75) is 0 Å². The molecule has 0 fully saturated rings. The maximum atomic E-state index is 11.6. The monoisotopic (exact) mass is 295 g/mol. The molecular weight excluding hydrogens is 282 g/mol. The summed E-state index contributed by atoms with van der Waals surface area (Å²) in [4.78, 5) is 14.3. The molecule has 0 amide bonds. The van der Waals surface area contributed by atoms with E-state index in [0.717, 1.165) is 5.75 Å². The van der Waals surface area contributed by atoms with E-state index >= 15 is 0 Å². The summed E-state index contributed by atoms with van der Waals surface area (Å²) in [7, 11) is 1.60. The minimum absolute atomic E-state index is 0.154. The minimum atomic E-state index is -0.463. The number of benzene rings is 1. The average molecular weight is 296 g/mol. The third-order valence-electron chi connectivity index (χ3n) is 2.51. The van der Waals surface area contributed by atoms with Gasteiger partial charge in [-0.1, -0.05) is 11.6 Å². The molecule has 1 heterocycles. The minimum Gasteiger partial charge on any atom is -0.497 e. The summed E-state index contributed by atoms with van der Waals surface area (Å²) >= 11 is 5.70. The Labute approximate surface area is 121 Å². The Morgan fingerprint density at radius 2 is 1.90 bits per heavy atom. The van der Waals surface area contributed by atoms with E-state index in [0.29, 0.717) is 16.5 Å². The van der Waals surface area contributed by atoms with Crippen molar-refractivity contribution in [1.82, 2.24) is 4.98 Å². The van der Waals surface area contributed by atoms with Gasteiger partial charge in [0.05, 0.1) is 12.1 Å². The van der Waals surface area contributed by atoms with Gasteiger partial charge in [-0.3, -0.25) is 0 Å². The van der Waals surface area contributed by atoms with Crippen molar-refractivity contribution in [1.29, 1.82) is 0 Å². The molecule has 0 saturated heterocycles. The van der Waals surface area contributed by atoms with Gasteiger partial charge in [-0.05, 0) is 30.3 Å². The van der Waals surface area contributed by atoms with Crippen LogP contribution in [0.2, 0.25) is 5.02 Å². The number of carbonyl (C=O) groups is 1. The number of esters is 1. The van der Waals surface area contributed by atoms with Crippen LogP contribution in [0.5, 0.6) is 11.5 Å². The topological polar surface area (TPSA) is 60.6 Å². The first-order valence-corrected chi connectivity index (χ1v) is 6.35. The van der Waals surface area contributed by atoms with Gasteiger partial charge in [-0.25, -0.2) is 4.79 Å². The molecule has 0 aliphatic carbocycles. The quantitative estimate of drug-likeness (QED) is 0.657. The first-order valence-electron chi connectivity index (χ1n) is 5.97. The molecule has 0 aliphatic rings. The van der Waals surface area contributed by atoms with Crippen LogP contribution in [0.3, 0.4) is 0 Å². The maximum absolute atomic E-state index is 11.6. The highest BCUT2D eigenvalue weighted by molar-refractivity contribution is 6.30. The number of H-pyrrole nitrogens is 1.